The lowest BCUT2D eigenvalue weighted by Gasteiger charge is -2.21. The molecule has 1 N–H and O–H groups in total. The molecule has 0 spiro atoms. The molecule has 2 nitrogen and oxygen atoms in total. The number of nitrogens with one attached hydrogen (secondary N) is 1. The third-order valence-corrected chi connectivity index (χ3v) is 3.99. The van der Waals surface area contributed by atoms with Crippen molar-refractivity contribution < 1.29 is 0 Å². The van der Waals surface area contributed by atoms with Crippen LogP contribution < -0.4 is 5.32 Å². The fraction of sp³-hybridized carbons (Fsp3) is 0.583. The van der Waals surface area contributed by atoms with Crippen molar-refractivity contribution in [3.8, 4) is 0 Å². The standard InChI is InChI=1S/C12H18N2S/c1-10-2-3-12(14-8-10)15-9-11-4-6-13-7-5-11/h2-3,8,11,13H,4-7,9H2,1H3. The zero-order chi connectivity index (χ0) is 10.5. The number of pyridine rings is 1. The Morgan fingerprint density at radius 3 is 2.87 bits per heavy atom. The molecule has 0 saturated carbocycles. The van der Waals surface area contributed by atoms with Crippen LogP contribution in [0.2, 0.25) is 0 Å². The third-order valence-electron chi connectivity index (χ3n) is 2.81. The van der Waals surface area contributed by atoms with Crippen molar-refractivity contribution in [3.05, 3.63) is 23.9 Å². The van der Waals surface area contributed by atoms with E-state index in [1.54, 1.807) is 0 Å². The van der Waals surface area contributed by atoms with Gasteiger partial charge in [-0.15, -0.1) is 11.8 Å². The van der Waals surface area contributed by atoms with Gasteiger partial charge in [0.1, 0.15) is 0 Å². The first-order valence-electron chi connectivity index (χ1n) is 5.61. The topological polar surface area (TPSA) is 24.9 Å². The lowest BCUT2D eigenvalue weighted by Crippen LogP contribution is -2.28. The average Bonchev–Trinajstić information content (AvgIpc) is 2.30. The van der Waals surface area contributed by atoms with Crippen molar-refractivity contribution in [1.29, 1.82) is 0 Å². The fourth-order valence-electron chi connectivity index (χ4n) is 1.79. The van der Waals surface area contributed by atoms with Gasteiger partial charge >= 0.3 is 0 Å². The molecule has 15 heavy (non-hydrogen) atoms. The molecule has 0 radical (unpaired) electrons. The number of thioether (sulfide) groups is 1. The van der Waals surface area contributed by atoms with Crippen molar-refractivity contribution >= 4 is 11.8 Å². The summed E-state index contributed by atoms with van der Waals surface area (Å²) in [6.45, 7) is 4.45. The van der Waals surface area contributed by atoms with Crippen molar-refractivity contribution in [2.75, 3.05) is 18.8 Å². The van der Waals surface area contributed by atoms with Crippen molar-refractivity contribution in [2.24, 2.45) is 5.92 Å². The molecule has 1 saturated heterocycles. The number of nitrogens with zero attached hydrogens (tertiary/aromatic N) is 1. The van der Waals surface area contributed by atoms with E-state index in [2.05, 4.69) is 29.4 Å². The zero-order valence-corrected chi connectivity index (χ0v) is 10.0. The highest BCUT2D eigenvalue weighted by atomic mass is 32.2. The lowest BCUT2D eigenvalue weighted by atomic mass is 10.0. The maximum Gasteiger partial charge on any atom is 0.0960 e. The molecular formula is C12H18N2S. The monoisotopic (exact) mass is 222 g/mol. The second kappa shape index (κ2) is 5.52. The van der Waals surface area contributed by atoms with Gasteiger partial charge in [-0.2, -0.15) is 0 Å². The van der Waals surface area contributed by atoms with E-state index in [1.165, 1.54) is 42.3 Å². The van der Waals surface area contributed by atoms with Crippen LogP contribution in [0.1, 0.15) is 18.4 Å². The smallest absolute Gasteiger partial charge is 0.0960 e. The van der Waals surface area contributed by atoms with Gasteiger partial charge in [-0.25, -0.2) is 4.98 Å². The van der Waals surface area contributed by atoms with Gasteiger partial charge in [0, 0.05) is 11.9 Å². The van der Waals surface area contributed by atoms with Gasteiger partial charge in [-0.1, -0.05) is 6.07 Å². The number of hydrogen-bond donors (Lipinski definition) is 1. The third kappa shape index (κ3) is 3.50. The predicted molar refractivity (Wildman–Crippen MR) is 65.3 cm³/mol. The molecule has 1 fully saturated rings. The number of aryl methyl sites for hydroxylation is 1. The van der Waals surface area contributed by atoms with Gasteiger partial charge < -0.3 is 5.32 Å². The van der Waals surface area contributed by atoms with Crippen LogP contribution in [-0.4, -0.2) is 23.8 Å². The lowest BCUT2D eigenvalue weighted by molar-refractivity contribution is 0.408. The molecule has 1 aromatic heterocycles. The van der Waals surface area contributed by atoms with Gasteiger partial charge in [-0.3, -0.25) is 0 Å². The van der Waals surface area contributed by atoms with Crippen LogP contribution in [0.3, 0.4) is 0 Å². The summed E-state index contributed by atoms with van der Waals surface area (Å²) in [6.07, 6.45) is 4.59. The first-order valence-corrected chi connectivity index (χ1v) is 6.59. The molecule has 0 bridgehead atoms. The molecule has 1 aromatic rings. The van der Waals surface area contributed by atoms with Crippen molar-refractivity contribution in [2.45, 2.75) is 24.8 Å². The van der Waals surface area contributed by atoms with Gasteiger partial charge in [0.05, 0.1) is 5.03 Å². The SMILES string of the molecule is Cc1ccc(SCC2CCNCC2)nc1. The highest BCUT2D eigenvalue weighted by molar-refractivity contribution is 7.99. The van der Waals surface area contributed by atoms with E-state index in [0.29, 0.717) is 0 Å². The van der Waals surface area contributed by atoms with Crippen molar-refractivity contribution in [1.82, 2.24) is 10.3 Å². The van der Waals surface area contributed by atoms with Crippen LogP contribution in [0, 0.1) is 12.8 Å². The van der Waals surface area contributed by atoms with E-state index in [9.17, 15) is 0 Å². The molecule has 2 rings (SSSR count). The van der Waals surface area contributed by atoms with Gasteiger partial charge in [0.2, 0.25) is 0 Å². The van der Waals surface area contributed by atoms with E-state index < -0.39 is 0 Å². The first-order chi connectivity index (χ1) is 7.34. The minimum absolute atomic E-state index is 0.874. The van der Waals surface area contributed by atoms with Gasteiger partial charge in [0.15, 0.2) is 0 Å². The Hall–Kier alpha value is -0.540. The second-order valence-corrected chi connectivity index (χ2v) is 5.22. The Morgan fingerprint density at radius 2 is 2.20 bits per heavy atom. The summed E-state index contributed by atoms with van der Waals surface area (Å²) in [4.78, 5) is 4.41. The second-order valence-electron chi connectivity index (χ2n) is 4.18. The predicted octanol–water partition coefficient (Wildman–Crippen LogP) is 2.48. The van der Waals surface area contributed by atoms with E-state index in [0.717, 1.165) is 5.92 Å². The highest BCUT2D eigenvalue weighted by Gasteiger charge is 2.13. The number of rotatable bonds is 3. The molecule has 82 valence electrons. The van der Waals surface area contributed by atoms with Crippen LogP contribution >= 0.6 is 11.8 Å². The van der Waals surface area contributed by atoms with Crippen LogP contribution in [-0.2, 0) is 0 Å². The number of aromatic nitrogens is 1. The molecule has 0 unspecified atom stereocenters. The summed E-state index contributed by atoms with van der Waals surface area (Å²) in [5, 5.41) is 4.56. The molecule has 0 atom stereocenters. The Balaban J connectivity index is 1.79. The Kier molecular flexibility index (Phi) is 4.03. The highest BCUT2D eigenvalue weighted by Crippen LogP contribution is 2.23. The number of hydrogen-bond acceptors (Lipinski definition) is 3. The fourth-order valence-corrected chi connectivity index (χ4v) is 2.82. The van der Waals surface area contributed by atoms with E-state index in [-0.39, 0.29) is 0 Å². The number of piperidine rings is 1. The molecule has 0 amide bonds. The summed E-state index contributed by atoms with van der Waals surface area (Å²) in [5.41, 5.74) is 1.24. The largest absolute Gasteiger partial charge is 0.317 e. The summed E-state index contributed by atoms with van der Waals surface area (Å²) in [6, 6.07) is 4.26. The Morgan fingerprint density at radius 1 is 1.40 bits per heavy atom. The summed E-state index contributed by atoms with van der Waals surface area (Å²) in [5.74, 6) is 2.09. The molecule has 1 aliphatic heterocycles. The normalized spacial score (nSPS) is 17.9. The van der Waals surface area contributed by atoms with E-state index in [1.807, 2.05) is 18.0 Å². The molecular weight excluding hydrogens is 204 g/mol. The summed E-state index contributed by atoms with van der Waals surface area (Å²) < 4.78 is 0. The molecule has 2 heterocycles. The maximum absolute atomic E-state index is 4.41. The molecule has 0 aliphatic carbocycles. The molecule has 3 heteroatoms. The van der Waals surface area contributed by atoms with E-state index in [4.69, 9.17) is 0 Å². The molecule has 0 aromatic carbocycles. The maximum atomic E-state index is 4.41. The molecule has 1 aliphatic rings. The summed E-state index contributed by atoms with van der Waals surface area (Å²) in [7, 11) is 0. The Labute approximate surface area is 95.9 Å². The minimum atomic E-state index is 0.874. The van der Waals surface area contributed by atoms with Crippen LogP contribution in [0.5, 0.6) is 0 Å². The van der Waals surface area contributed by atoms with Crippen LogP contribution in [0.15, 0.2) is 23.4 Å². The van der Waals surface area contributed by atoms with Gasteiger partial charge in [0.25, 0.3) is 0 Å². The zero-order valence-electron chi connectivity index (χ0n) is 9.20. The van der Waals surface area contributed by atoms with E-state index >= 15 is 0 Å². The average molecular weight is 222 g/mol. The van der Waals surface area contributed by atoms with Crippen LogP contribution in [0.4, 0.5) is 0 Å². The quantitative estimate of drug-likeness (QED) is 0.795. The first kappa shape index (κ1) is 11.0. The Bertz CT molecular complexity index is 291. The van der Waals surface area contributed by atoms with Gasteiger partial charge in [-0.05, 0) is 50.4 Å². The van der Waals surface area contributed by atoms with Crippen molar-refractivity contribution in [3.63, 3.8) is 0 Å². The van der Waals surface area contributed by atoms with Crippen LogP contribution in [0.25, 0.3) is 0 Å². The minimum Gasteiger partial charge on any atom is -0.317 e. The summed E-state index contributed by atoms with van der Waals surface area (Å²) >= 11 is 1.90.